The molecule has 0 aliphatic carbocycles. The molecule has 34 heavy (non-hydrogen) atoms. The Balaban J connectivity index is 1.61. The lowest BCUT2D eigenvalue weighted by molar-refractivity contribution is -0.120. The number of rotatable bonds is 10. The highest BCUT2D eigenvalue weighted by Gasteiger charge is 2.19. The van der Waals surface area contributed by atoms with Gasteiger partial charge in [0.2, 0.25) is 22.2 Å². The second kappa shape index (κ2) is 12.0. The van der Waals surface area contributed by atoms with Crippen molar-refractivity contribution in [1.82, 2.24) is 10.2 Å². The Morgan fingerprint density at radius 3 is 2.65 bits per heavy atom. The molecule has 0 atom stereocenters. The lowest BCUT2D eigenvalue weighted by Gasteiger charge is -2.09. The summed E-state index contributed by atoms with van der Waals surface area (Å²) in [5, 5.41) is 11.5. The molecule has 0 bridgehead atoms. The van der Waals surface area contributed by atoms with Crippen LogP contribution < -0.4 is 20.2 Å². The predicted octanol–water partition coefficient (Wildman–Crippen LogP) is 5.04. The number of carbonyl (C=O) groups is 2. The first-order valence-electron chi connectivity index (χ1n) is 10.3. The molecular weight excluding hydrogens is 502 g/mol. The van der Waals surface area contributed by atoms with Gasteiger partial charge in [0.15, 0.2) is 4.34 Å². The van der Waals surface area contributed by atoms with Crippen molar-refractivity contribution in [1.29, 1.82) is 0 Å². The van der Waals surface area contributed by atoms with E-state index in [9.17, 15) is 14.4 Å². The van der Waals surface area contributed by atoms with E-state index >= 15 is 0 Å². The maximum Gasteiger partial charge on any atom is 0.347 e. The molecule has 2 heterocycles. The molecular formula is C22H22ClN3O6S2. The predicted molar refractivity (Wildman–Crippen MR) is 130 cm³/mol. The molecule has 0 spiro atoms. The second-order valence-electron chi connectivity index (χ2n) is 6.97. The third-order valence-corrected chi connectivity index (χ3v) is 7.00. The van der Waals surface area contributed by atoms with Crippen molar-refractivity contribution < 1.29 is 23.5 Å². The van der Waals surface area contributed by atoms with Gasteiger partial charge < -0.3 is 19.2 Å². The van der Waals surface area contributed by atoms with Gasteiger partial charge in [0, 0.05) is 17.0 Å². The number of hydrogen-bond donors (Lipinski definition) is 1. The molecule has 0 fully saturated rings. The molecule has 0 radical (unpaired) electrons. The van der Waals surface area contributed by atoms with Crippen LogP contribution in [0.25, 0.3) is 0 Å². The van der Waals surface area contributed by atoms with Crippen molar-refractivity contribution in [3.8, 4) is 11.5 Å². The highest BCUT2D eigenvalue weighted by Crippen LogP contribution is 2.29. The zero-order valence-corrected chi connectivity index (χ0v) is 21.0. The van der Waals surface area contributed by atoms with Crippen LogP contribution in [-0.4, -0.2) is 29.2 Å². The first-order valence-corrected chi connectivity index (χ1v) is 12.5. The normalized spacial score (nSPS) is 10.9. The summed E-state index contributed by atoms with van der Waals surface area (Å²) >= 11 is 8.47. The topological polar surface area (TPSA) is 121 Å². The van der Waals surface area contributed by atoms with E-state index in [-0.39, 0.29) is 28.9 Å². The molecule has 0 saturated heterocycles. The zero-order valence-electron chi connectivity index (χ0n) is 18.6. The van der Waals surface area contributed by atoms with E-state index in [0.717, 1.165) is 19.1 Å². The summed E-state index contributed by atoms with van der Waals surface area (Å²) in [6.45, 7) is 3.92. The van der Waals surface area contributed by atoms with Gasteiger partial charge in [0.1, 0.15) is 23.3 Å². The molecule has 0 saturated carbocycles. The zero-order chi connectivity index (χ0) is 24.7. The van der Waals surface area contributed by atoms with Crippen molar-refractivity contribution in [2.75, 3.05) is 12.4 Å². The minimum atomic E-state index is -0.800. The monoisotopic (exact) mass is 523 g/mol. The summed E-state index contributed by atoms with van der Waals surface area (Å²) in [4.78, 5) is 37.0. The number of nitrogens with one attached hydrogen (secondary N) is 1. The standard InChI is InChI=1S/C22H22ClN3O6S2/c1-4-12(5-2)19(28)24-21-25-26-22(34-21)33-11-14-9-16(27)18(10-31-14)32-20(29)15-8-13(23)6-7-17(15)30-3/h6-10,12H,4-5,11H2,1-3H3,(H,24,25,28). The molecule has 9 nitrogen and oxygen atoms in total. The molecule has 0 aliphatic heterocycles. The first-order chi connectivity index (χ1) is 16.3. The van der Waals surface area contributed by atoms with Crippen molar-refractivity contribution in [2.24, 2.45) is 5.92 Å². The smallest absolute Gasteiger partial charge is 0.347 e. The Bertz CT molecular complexity index is 1230. The number of esters is 1. The largest absolute Gasteiger partial charge is 0.496 e. The van der Waals surface area contributed by atoms with E-state index in [4.69, 9.17) is 25.5 Å². The quantitative estimate of drug-likeness (QED) is 0.221. The van der Waals surface area contributed by atoms with Crippen LogP contribution in [0, 0.1) is 5.92 Å². The van der Waals surface area contributed by atoms with Gasteiger partial charge in [-0.05, 0) is 31.0 Å². The summed E-state index contributed by atoms with van der Waals surface area (Å²) in [7, 11) is 1.41. The molecule has 3 aromatic rings. The molecule has 2 aromatic heterocycles. The minimum absolute atomic E-state index is 0.0677. The molecule has 0 unspecified atom stereocenters. The Labute approximate surface area is 208 Å². The first kappa shape index (κ1) is 25.7. The average Bonchev–Trinajstić information content (AvgIpc) is 3.27. The number of benzene rings is 1. The van der Waals surface area contributed by atoms with Crippen molar-refractivity contribution >= 4 is 51.7 Å². The number of hydrogen-bond acceptors (Lipinski definition) is 10. The van der Waals surface area contributed by atoms with Crippen LogP contribution in [-0.2, 0) is 10.5 Å². The maximum absolute atomic E-state index is 12.5. The van der Waals surface area contributed by atoms with Gasteiger partial charge in [-0.1, -0.05) is 48.5 Å². The number of amides is 1. The molecule has 3 rings (SSSR count). The summed E-state index contributed by atoms with van der Waals surface area (Å²) in [6.07, 6.45) is 2.58. The minimum Gasteiger partial charge on any atom is -0.496 e. The summed E-state index contributed by atoms with van der Waals surface area (Å²) in [6, 6.07) is 5.72. The molecule has 1 amide bonds. The van der Waals surface area contributed by atoms with E-state index in [2.05, 4.69) is 15.5 Å². The van der Waals surface area contributed by atoms with Crippen molar-refractivity contribution in [3.05, 3.63) is 57.1 Å². The van der Waals surface area contributed by atoms with Gasteiger partial charge in [0.25, 0.3) is 0 Å². The van der Waals surface area contributed by atoms with Crippen LogP contribution in [0.1, 0.15) is 42.8 Å². The molecule has 12 heteroatoms. The highest BCUT2D eigenvalue weighted by molar-refractivity contribution is 8.00. The van der Waals surface area contributed by atoms with E-state index in [1.807, 2.05) is 13.8 Å². The van der Waals surface area contributed by atoms with Crippen LogP contribution in [0.2, 0.25) is 5.02 Å². The van der Waals surface area contributed by atoms with Gasteiger partial charge in [0.05, 0.1) is 12.9 Å². The third kappa shape index (κ3) is 6.58. The highest BCUT2D eigenvalue weighted by atomic mass is 35.5. The second-order valence-corrected chi connectivity index (χ2v) is 9.61. The molecule has 0 aliphatic rings. The van der Waals surface area contributed by atoms with Gasteiger partial charge in [-0.15, -0.1) is 10.2 Å². The lowest BCUT2D eigenvalue weighted by atomic mass is 10.0. The number of anilines is 1. The number of carbonyl (C=O) groups excluding carboxylic acids is 2. The lowest BCUT2D eigenvalue weighted by Crippen LogP contribution is -2.21. The summed E-state index contributed by atoms with van der Waals surface area (Å²) < 4.78 is 16.3. The Kier molecular flexibility index (Phi) is 9.08. The van der Waals surface area contributed by atoms with E-state index in [0.29, 0.717) is 26.0 Å². The number of halogens is 1. The van der Waals surface area contributed by atoms with Gasteiger partial charge in [-0.25, -0.2) is 4.79 Å². The third-order valence-electron chi connectivity index (χ3n) is 4.77. The number of nitrogens with zero attached hydrogens (tertiary/aromatic N) is 2. The van der Waals surface area contributed by atoms with E-state index < -0.39 is 11.4 Å². The molecule has 1 N–H and O–H groups in total. The van der Waals surface area contributed by atoms with Gasteiger partial charge >= 0.3 is 5.97 Å². The van der Waals surface area contributed by atoms with E-state index in [1.54, 1.807) is 6.07 Å². The van der Waals surface area contributed by atoms with Gasteiger partial charge in [-0.2, -0.15) is 0 Å². The number of aromatic nitrogens is 2. The number of thioether (sulfide) groups is 1. The Morgan fingerprint density at radius 2 is 1.97 bits per heavy atom. The number of ether oxygens (including phenoxy) is 2. The van der Waals surface area contributed by atoms with Crippen LogP contribution in [0.4, 0.5) is 5.13 Å². The van der Waals surface area contributed by atoms with Crippen LogP contribution in [0.5, 0.6) is 11.5 Å². The van der Waals surface area contributed by atoms with E-state index in [1.165, 1.54) is 48.4 Å². The molecule has 180 valence electrons. The van der Waals surface area contributed by atoms with Crippen LogP contribution in [0.3, 0.4) is 0 Å². The van der Waals surface area contributed by atoms with Gasteiger partial charge in [-0.3, -0.25) is 9.59 Å². The average molecular weight is 524 g/mol. The summed E-state index contributed by atoms with van der Waals surface area (Å²) in [5.74, 6) is -0.298. The fourth-order valence-corrected chi connectivity index (χ4v) is 4.72. The fraction of sp³-hybridized carbons (Fsp3) is 0.318. The van der Waals surface area contributed by atoms with Crippen LogP contribution >= 0.6 is 34.7 Å². The number of methoxy groups -OCH3 is 1. The SMILES string of the molecule is CCC(CC)C(=O)Nc1nnc(SCc2cc(=O)c(OC(=O)c3cc(Cl)ccc3OC)co2)s1. The maximum atomic E-state index is 12.5. The molecule has 1 aromatic carbocycles. The van der Waals surface area contributed by atoms with Crippen LogP contribution in [0.15, 0.2) is 44.1 Å². The Hall–Kier alpha value is -2.89. The summed E-state index contributed by atoms with van der Waals surface area (Å²) in [5.41, 5.74) is -0.441. The fourth-order valence-electron chi connectivity index (χ4n) is 2.90. The Morgan fingerprint density at radius 1 is 1.21 bits per heavy atom. The van der Waals surface area contributed by atoms with Crippen molar-refractivity contribution in [3.63, 3.8) is 0 Å². The van der Waals surface area contributed by atoms with Crippen molar-refractivity contribution in [2.45, 2.75) is 36.8 Å².